The Bertz CT molecular complexity index is 273. The molecule has 1 atom stereocenters. The van der Waals surface area contributed by atoms with Gasteiger partial charge in [-0.15, -0.1) is 11.8 Å². The highest BCUT2D eigenvalue weighted by Gasteiger charge is 2.53. The van der Waals surface area contributed by atoms with Crippen LogP contribution < -0.4 is 5.32 Å². The molecule has 15 heavy (non-hydrogen) atoms. The molecule has 3 heterocycles. The van der Waals surface area contributed by atoms with Gasteiger partial charge in [0.2, 0.25) is 5.91 Å². The Balaban J connectivity index is 1.85. The summed E-state index contributed by atoms with van der Waals surface area (Å²) in [6.07, 6.45) is 2.18. The van der Waals surface area contributed by atoms with Crippen LogP contribution in [0.5, 0.6) is 0 Å². The van der Waals surface area contributed by atoms with Gasteiger partial charge in [0.1, 0.15) is 10.9 Å². The van der Waals surface area contributed by atoms with Gasteiger partial charge in [-0.1, -0.05) is 0 Å². The molecule has 3 fully saturated rings. The van der Waals surface area contributed by atoms with Gasteiger partial charge in [-0.25, -0.2) is 0 Å². The second-order valence-electron chi connectivity index (χ2n) is 4.59. The first-order valence-corrected chi connectivity index (χ1v) is 6.70. The number of thioether (sulfide) groups is 1. The molecular formula is C10H17N2O2S+. The molecule has 0 radical (unpaired) electrons. The third-order valence-electron chi connectivity index (χ3n) is 3.80. The number of carbonyl (C=O) groups excluding carboxylic acids is 1. The summed E-state index contributed by atoms with van der Waals surface area (Å²) in [5.41, 5.74) is 0.257. The Hall–Kier alpha value is -0.260. The fourth-order valence-electron chi connectivity index (χ4n) is 2.97. The van der Waals surface area contributed by atoms with Crippen LogP contribution in [0, 0.1) is 0 Å². The van der Waals surface area contributed by atoms with Crippen LogP contribution in [0.1, 0.15) is 12.8 Å². The molecule has 1 amide bonds. The number of quaternary nitrogens is 1. The molecule has 1 spiro atoms. The maximum atomic E-state index is 11.7. The molecule has 4 nitrogen and oxygen atoms in total. The number of nitrogens with zero attached hydrogens (tertiary/aromatic N) is 1. The van der Waals surface area contributed by atoms with E-state index in [0.29, 0.717) is 17.0 Å². The van der Waals surface area contributed by atoms with Gasteiger partial charge in [-0.05, 0) is 0 Å². The lowest BCUT2D eigenvalue weighted by molar-refractivity contribution is -0.741. The minimum absolute atomic E-state index is 0.257. The van der Waals surface area contributed by atoms with Gasteiger partial charge >= 0.3 is 0 Å². The zero-order valence-electron chi connectivity index (χ0n) is 8.78. The van der Waals surface area contributed by atoms with Crippen molar-refractivity contribution in [3.8, 4) is 0 Å². The van der Waals surface area contributed by atoms with Gasteiger partial charge in [0.25, 0.3) is 0 Å². The lowest BCUT2D eigenvalue weighted by Gasteiger charge is -2.45. The van der Waals surface area contributed by atoms with Crippen LogP contribution in [0.25, 0.3) is 0 Å². The highest BCUT2D eigenvalue weighted by molar-refractivity contribution is 8.01. The Morgan fingerprint density at radius 3 is 3.07 bits per heavy atom. The molecule has 3 saturated heterocycles. The third-order valence-corrected chi connectivity index (χ3v) is 5.26. The van der Waals surface area contributed by atoms with E-state index >= 15 is 0 Å². The predicted molar refractivity (Wildman–Crippen MR) is 57.5 cm³/mol. The van der Waals surface area contributed by atoms with E-state index in [2.05, 4.69) is 10.2 Å². The van der Waals surface area contributed by atoms with E-state index in [1.54, 1.807) is 0 Å². The van der Waals surface area contributed by atoms with E-state index < -0.39 is 0 Å². The number of carbonyl (C=O) groups is 1. The number of hydrogen-bond donors (Lipinski definition) is 1. The van der Waals surface area contributed by atoms with E-state index in [-0.39, 0.29) is 5.54 Å². The number of rotatable bonds is 0. The van der Waals surface area contributed by atoms with E-state index in [4.69, 9.17) is 4.74 Å². The number of nitrogens with two attached hydrogens (primary N) is 1. The molecule has 0 saturated carbocycles. The van der Waals surface area contributed by atoms with Crippen molar-refractivity contribution in [1.29, 1.82) is 0 Å². The molecule has 3 aliphatic heterocycles. The van der Waals surface area contributed by atoms with Crippen LogP contribution >= 0.6 is 11.8 Å². The van der Waals surface area contributed by atoms with Gasteiger partial charge in [-0.3, -0.25) is 4.79 Å². The summed E-state index contributed by atoms with van der Waals surface area (Å²) >= 11 is 1.83. The Labute approximate surface area is 93.7 Å². The van der Waals surface area contributed by atoms with Crippen molar-refractivity contribution < 1.29 is 14.8 Å². The van der Waals surface area contributed by atoms with Crippen molar-refractivity contribution >= 4 is 17.7 Å². The average Bonchev–Trinajstić information content (AvgIpc) is 2.64. The van der Waals surface area contributed by atoms with Crippen LogP contribution in [0.3, 0.4) is 0 Å². The van der Waals surface area contributed by atoms with Crippen LogP contribution in [0.15, 0.2) is 0 Å². The zero-order valence-corrected chi connectivity index (χ0v) is 9.59. The van der Waals surface area contributed by atoms with Crippen molar-refractivity contribution in [3.05, 3.63) is 0 Å². The monoisotopic (exact) mass is 229 g/mol. The molecule has 3 rings (SSSR count). The minimum atomic E-state index is 0.257. The SMILES string of the molecule is O=C1CS[C@H]2N1CC[NH2+]C21CCOCC1. The molecular weight excluding hydrogens is 212 g/mol. The molecule has 2 N–H and O–H groups in total. The first kappa shape index (κ1) is 9.93. The second kappa shape index (κ2) is 3.64. The number of hydrogen-bond acceptors (Lipinski definition) is 3. The maximum absolute atomic E-state index is 11.7. The lowest BCUT2D eigenvalue weighted by Crippen LogP contribution is -3.03. The molecule has 0 bridgehead atoms. The summed E-state index contributed by atoms with van der Waals surface area (Å²) in [7, 11) is 0. The highest BCUT2D eigenvalue weighted by Crippen LogP contribution is 2.37. The molecule has 0 aromatic carbocycles. The lowest BCUT2D eigenvalue weighted by atomic mass is 9.87. The minimum Gasteiger partial charge on any atom is -0.381 e. The first-order valence-electron chi connectivity index (χ1n) is 5.65. The van der Waals surface area contributed by atoms with E-state index in [0.717, 1.165) is 39.1 Å². The van der Waals surface area contributed by atoms with Crippen LogP contribution in [-0.2, 0) is 9.53 Å². The van der Waals surface area contributed by atoms with Crippen molar-refractivity contribution in [2.75, 3.05) is 32.1 Å². The van der Waals surface area contributed by atoms with Crippen molar-refractivity contribution in [1.82, 2.24) is 4.90 Å². The molecule has 3 aliphatic rings. The van der Waals surface area contributed by atoms with Gasteiger partial charge in [-0.2, -0.15) is 0 Å². The standard InChI is InChI=1S/C10H16N2O2S/c13-8-7-15-9-10(1-5-14-6-2-10)11-3-4-12(8)9/h9,11H,1-7H2/p+1/t9-/m1/s1. The molecule has 0 unspecified atom stereocenters. The number of fused-ring (bicyclic) bond motifs is 2. The van der Waals surface area contributed by atoms with Crippen LogP contribution in [0.2, 0.25) is 0 Å². The fourth-order valence-corrected chi connectivity index (χ4v) is 4.50. The molecule has 5 heteroatoms. The quantitative estimate of drug-likeness (QED) is 0.580. The van der Waals surface area contributed by atoms with Gasteiger partial charge in [0, 0.05) is 12.8 Å². The first-order chi connectivity index (χ1) is 7.32. The summed E-state index contributed by atoms with van der Waals surface area (Å²) < 4.78 is 5.44. The van der Waals surface area contributed by atoms with E-state index in [1.807, 2.05) is 11.8 Å². The van der Waals surface area contributed by atoms with Crippen molar-refractivity contribution in [3.63, 3.8) is 0 Å². The summed E-state index contributed by atoms with van der Waals surface area (Å²) in [6, 6.07) is 0. The summed E-state index contributed by atoms with van der Waals surface area (Å²) in [5, 5.41) is 2.87. The van der Waals surface area contributed by atoms with E-state index in [9.17, 15) is 4.79 Å². The maximum Gasteiger partial charge on any atom is 0.233 e. The summed E-state index contributed by atoms with van der Waals surface area (Å²) in [5.74, 6) is 1.02. The average molecular weight is 229 g/mol. The van der Waals surface area contributed by atoms with Gasteiger partial charge in [0.05, 0.1) is 32.1 Å². The molecule has 0 aromatic heterocycles. The Morgan fingerprint density at radius 1 is 1.47 bits per heavy atom. The number of piperazine rings is 1. The van der Waals surface area contributed by atoms with Crippen LogP contribution in [0.4, 0.5) is 0 Å². The Kier molecular flexibility index (Phi) is 2.41. The number of amides is 1. The van der Waals surface area contributed by atoms with Crippen molar-refractivity contribution in [2.24, 2.45) is 0 Å². The smallest absolute Gasteiger partial charge is 0.233 e. The highest BCUT2D eigenvalue weighted by atomic mass is 32.2. The van der Waals surface area contributed by atoms with Crippen LogP contribution in [-0.4, -0.2) is 53.8 Å². The molecule has 0 aromatic rings. The molecule has 84 valence electrons. The number of ether oxygens (including phenoxy) is 1. The topological polar surface area (TPSA) is 46.2 Å². The summed E-state index contributed by atoms with van der Waals surface area (Å²) in [6.45, 7) is 3.70. The Morgan fingerprint density at radius 2 is 2.27 bits per heavy atom. The fraction of sp³-hybridized carbons (Fsp3) is 0.900. The van der Waals surface area contributed by atoms with E-state index in [1.165, 1.54) is 0 Å². The van der Waals surface area contributed by atoms with Gasteiger partial charge < -0.3 is 15.0 Å². The predicted octanol–water partition coefficient (Wildman–Crippen LogP) is -0.986. The summed E-state index contributed by atoms with van der Waals surface area (Å²) in [4.78, 5) is 13.8. The second-order valence-corrected chi connectivity index (χ2v) is 5.66. The normalized spacial score (nSPS) is 34.5. The van der Waals surface area contributed by atoms with Crippen molar-refractivity contribution in [2.45, 2.75) is 23.8 Å². The zero-order chi connectivity index (χ0) is 10.3. The third kappa shape index (κ3) is 1.48. The molecule has 0 aliphatic carbocycles. The van der Waals surface area contributed by atoms with Gasteiger partial charge in [0.15, 0.2) is 0 Å². The largest absolute Gasteiger partial charge is 0.381 e.